The summed E-state index contributed by atoms with van der Waals surface area (Å²) >= 11 is 1.59. The van der Waals surface area contributed by atoms with Crippen LogP contribution in [0.4, 0.5) is 14.9 Å². The Morgan fingerprint density at radius 3 is 2.38 bits per heavy atom. The minimum atomic E-state index is -0.365. The molecule has 0 saturated carbocycles. The topological polar surface area (TPSA) is 52.7 Å². The molecule has 0 aliphatic heterocycles. The number of aryl methyl sites for hydroxylation is 2. The molecule has 2 aromatic carbocycles. The molecule has 3 rings (SSSR count). The molecule has 3 amide bonds. The highest BCUT2D eigenvalue weighted by atomic mass is 32.1. The predicted molar refractivity (Wildman–Crippen MR) is 136 cm³/mol. The molecule has 0 bridgehead atoms. The summed E-state index contributed by atoms with van der Waals surface area (Å²) in [6.45, 7) is 10.5. The van der Waals surface area contributed by atoms with Gasteiger partial charge in [-0.3, -0.25) is 4.79 Å². The smallest absolute Gasteiger partial charge is 0.322 e. The number of thiophene rings is 1. The molecule has 0 fully saturated rings. The van der Waals surface area contributed by atoms with E-state index in [-0.39, 0.29) is 30.8 Å². The molecule has 34 heavy (non-hydrogen) atoms. The van der Waals surface area contributed by atoms with Gasteiger partial charge in [-0.15, -0.1) is 17.9 Å². The second kappa shape index (κ2) is 11.6. The van der Waals surface area contributed by atoms with Crippen LogP contribution >= 0.6 is 11.3 Å². The number of nitrogens with one attached hydrogen (secondary N) is 1. The van der Waals surface area contributed by atoms with E-state index in [9.17, 15) is 14.0 Å². The molecule has 1 heterocycles. The summed E-state index contributed by atoms with van der Waals surface area (Å²) in [7, 11) is 0. The predicted octanol–water partition coefficient (Wildman–Crippen LogP) is 6.06. The number of carbonyl (C=O) groups is 2. The van der Waals surface area contributed by atoms with Gasteiger partial charge in [-0.1, -0.05) is 30.3 Å². The van der Waals surface area contributed by atoms with Crippen molar-refractivity contribution < 1.29 is 14.0 Å². The highest BCUT2D eigenvalue weighted by Gasteiger charge is 2.22. The molecule has 178 valence electrons. The number of carbonyl (C=O) groups excluding carboxylic acids is 2. The zero-order valence-corrected chi connectivity index (χ0v) is 20.6. The molecule has 7 heteroatoms. The highest BCUT2D eigenvalue weighted by Crippen LogP contribution is 2.21. The third kappa shape index (κ3) is 6.54. The van der Waals surface area contributed by atoms with Crippen LogP contribution in [0, 0.1) is 26.6 Å². The van der Waals surface area contributed by atoms with Crippen LogP contribution in [0.5, 0.6) is 0 Å². The third-order valence-corrected chi connectivity index (χ3v) is 6.76. The zero-order valence-electron chi connectivity index (χ0n) is 19.8. The molecule has 5 nitrogen and oxygen atoms in total. The van der Waals surface area contributed by atoms with E-state index in [0.29, 0.717) is 18.8 Å². The fraction of sp³-hybridized carbons (Fsp3) is 0.259. The first kappa shape index (κ1) is 25.2. The fourth-order valence-electron chi connectivity index (χ4n) is 3.50. The average Bonchev–Trinajstić information content (AvgIpc) is 3.21. The van der Waals surface area contributed by atoms with Gasteiger partial charge in [0.25, 0.3) is 0 Å². The maximum atomic E-state index is 13.4. The molecule has 0 saturated heterocycles. The van der Waals surface area contributed by atoms with Gasteiger partial charge in [-0.25, -0.2) is 9.18 Å². The van der Waals surface area contributed by atoms with Crippen LogP contribution in [-0.4, -0.2) is 34.8 Å². The van der Waals surface area contributed by atoms with E-state index in [4.69, 9.17) is 0 Å². The molecule has 3 aromatic rings. The summed E-state index contributed by atoms with van der Waals surface area (Å²) < 4.78 is 13.4. The van der Waals surface area contributed by atoms with E-state index in [2.05, 4.69) is 11.9 Å². The first-order valence-electron chi connectivity index (χ1n) is 11.1. The number of amides is 3. The van der Waals surface area contributed by atoms with Crippen LogP contribution in [0.2, 0.25) is 0 Å². The summed E-state index contributed by atoms with van der Waals surface area (Å²) in [5, 5.41) is 4.91. The Bertz CT molecular complexity index is 1160. The van der Waals surface area contributed by atoms with Gasteiger partial charge in [0.05, 0.1) is 6.54 Å². The number of halogens is 1. The lowest BCUT2D eigenvalue weighted by Crippen LogP contribution is -2.44. The van der Waals surface area contributed by atoms with Gasteiger partial charge in [0.1, 0.15) is 12.4 Å². The lowest BCUT2D eigenvalue weighted by atomic mass is 10.1. The normalized spacial score (nSPS) is 10.6. The Morgan fingerprint density at radius 2 is 1.74 bits per heavy atom. The van der Waals surface area contributed by atoms with Crippen molar-refractivity contribution in [2.45, 2.75) is 33.9 Å². The van der Waals surface area contributed by atoms with Crippen molar-refractivity contribution in [1.82, 2.24) is 9.80 Å². The van der Waals surface area contributed by atoms with Gasteiger partial charge in [-0.05, 0) is 72.7 Å². The molecule has 0 aliphatic carbocycles. The average molecular weight is 480 g/mol. The molecular formula is C27H30FN3O2S. The van der Waals surface area contributed by atoms with Gasteiger partial charge in [-0.2, -0.15) is 0 Å². The lowest BCUT2D eigenvalue weighted by Gasteiger charge is -2.27. The Hall–Kier alpha value is -3.45. The molecule has 0 atom stereocenters. The van der Waals surface area contributed by atoms with Crippen molar-refractivity contribution in [1.29, 1.82) is 0 Å². The number of hydrogen-bond acceptors (Lipinski definition) is 3. The highest BCUT2D eigenvalue weighted by molar-refractivity contribution is 7.10. The second-order valence-electron chi connectivity index (χ2n) is 8.25. The second-order valence-corrected chi connectivity index (χ2v) is 9.25. The number of urea groups is 1. The van der Waals surface area contributed by atoms with Crippen LogP contribution in [0.25, 0.3) is 0 Å². The molecule has 1 aromatic heterocycles. The van der Waals surface area contributed by atoms with Crippen LogP contribution in [0.1, 0.15) is 27.1 Å². The quantitative estimate of drug-likeness (QED) is 0.379. The number of nitrogens with zero attached hydrogens (tertiary/aromatic N) is 2. The minimum absolute atomic E-state index is 0.103. The van der Waals surface area contributed by atoms with Gasteiger partial charge in [0.15, 0.2) is 0 Å². The van der Waals surface area contributed by atoms with Gasteiger partial charge >= 0.3 is 6.03 Å². The molecule has 0 spiro atoms. The summed E-state index contributed by atoms with van der Waals surface area (Å²) in [6.07, 6.45) is 1.60. The summed E-state index contributed by atoms with van der Waals surface area (Å²) in [4.78, 5) is 30.7. The first-order chi connectivity index (χ1) is 16.3. The number of anilines is 1. The van der Waals surface area contributed by atoms with Gasteiger partial charge < -0.3 is 15.1 Å². The summed E-state index contributed by atoms with van der Waals surface area (Å²) in [6, 6.07) is 13.5. The third-order valence-electron chi connectivity index (χ3n) is 5.75. The van der Waals surface area contributed by atoms with E-state index in [1.165, 1.54) is 17.0 Å². The number of benzene rings is 2. The molecular weight excluding hydrogens is 449 g/mol. The summed E-state index contributed by atoms with van der Waals surface area (Å²) in [5.74, 6) is -0.522. The van der Waals surface area contributed by atoms with E-state index < -0.39 is 0 Å². The van der Waals surface area contributed by atoms with Crippen LogP contribution in [0.3, 0.4) is 0 Å². The van der Waals surface area contributed by atoms with Crippen molar-refractivity contribution in [3.63, 3.8) is 0 Å². The van der Waals surface area contributed by atoms with Crippen LogP contribution in [0.15, 0.2) is 66.6 Å². The van der Waals surface area contributed by atoms with Gasteiger partial charge in [0.2, 0.25) is 5.91 Å². The zero-order chi connectivity index (χ0) is 24.7. The van der Waals surface area contributed by atoms with Crippen molar-refractivity contribution in [3.8, 4) is 0 Å². The monoisotopic (exact) mass is 479 g/mol. The van der Waals surface area contributed by atoms with E-state index in [0.717, 1.165) is 27.1 Å². The lowest BCUT2D eigenvalue weighted by molar-refractivity contribution is -0.132. The maximum Gasteiger partial charge on any atom is 0.322 e. The van der Waals surface area contributed by atoms with E-state index in [1.807, 2.05) is 50.4 Å². The minimum Gasteiger partial charge on any atom is -0.332 e. The van der Waals surface area contributed by atoms with Crippen molar-refractivity contribution in [3.05, 3.63) is 99.5 Å². The Kier molecular flexibility index (Phi) is 8.60. The van der Waals surface area contributed by atoms with Crippen molar-refractivity contribution in [2.75, 3.05) is 18.4 Å². The molecule has 0 aliphatic rings. The van der Waals surface area contributed by atoms with Gasteiger partial charge in [0, 0.05) is 23.7 Å². The van der Waals surface area contributed by atoms with Crippen LogP contribution in [-0.2, 0) is 17.9 Å². The van der Waals surface area contributed by atoms with Crippen molar-refractivity contribution >= 4 is 29.0 Å². The first-order valence-corrected chi connectivity index (χ1v) is 11.9. The van der Waals surface area contributed by atoms with Crippen molar-refractivity contribution in [2.24, 2.45) is 0 Å². The Balaban J connectivity index is 1.78. The maximum absolute atomic E-state index is 13.4. The fourth-order valence-corrected chi connectivity index (χ4v) is 4.42. The number of rotatable bonds is 9. The standard InChI is InChI=1S/C27H30FN3O2S/c1-5-14-30(27(33)29-24-8-6-7-19(2)21(24)4)18-26(32)31(17-25-20(3)13-15-34-25)16-22-9-11-23(28)12-10-22/h5-13,15H,1,14,16-18H2,2-4H3,(H,29,33). The molecule has 0 unspecified atom stereocenters. The Labute approximate surface area is 204 Å². The number of hydrogen-bond donors (Lipinski definition) is 1. The summed E-state index contributed by atoms with van der Waals surface area (Å²) in [5.41, 5.74) is 4.69. The molecule has 1 N–H and O–H groups in total. The SMILES string of the molecule is C=CCN(CC(=O)N(Cc1ccc(F)cc1)Cc1sccc1C)C(=O)Nc1cccc(C)c1C. The van der Waals surface area contributed by atoms with E-state index >= 15 is 0 Å². The largest absolute Gasteiger partial charge is 0.332 e. The Morgan fingerprint density at radius 1 is 1.00 bits per heavy atom. The van der Waals surface area contributed by atoms with E-state index in [1.54, 1.807) is 34.4 Å². The molecule has 0 radical (unpaired) electrons. The van der Waals surface area contributed by atoms with Crippen LogP contribution < -0.4 is 5.32 Å².